The van der Waals surface area contributed by atoms with E-state index in [9.17, 15) is 14.7 Å². The van der Waals surface area contributed by atoms with E-state index < -0.39 is 12.0 Å². The summed E-state index contributed by atoms with van der Waals surface area (Å²) in [5.41, 5.74) is 1.02. The number of amides is 2. The van der Waals surface area contributed by atoms with E-state index in [1.807, 2.05) is 0 Å². The Hall–Kier alpha value is -2.24. The molecule has 0 aromatic heterocycles. The Bertz CT molecular complexity index is 727. The van der Waals surface area contributed by atoms with Gasteiger partial charge in [-0.1, -0.05) is 41.4 Å². The molecule has 22 heavy (non-hydrogen) atoms. The van der Waals surface area contributed by atoms with Gasteiger partial charge >= 0.3 is 12.0 Å². The van der Waals surface area contributed by atoms with Crippen molar-refractivity contribution in [2.24, 2.45) is 0 Å². The fourth-order valence-electron chi connectivity index (χ4n) is 1.94. The number of carbonyl (C=O) groups excluding carboxylic acids is 1. The zero-order chi connectivity index (χ0) is 16.3. The minimum Gasteiger partial charge on any atom is -0.478 e. The van der Waals surface area contributed by atoms with Gasteiger partial charge in [0.15, 0.2) is 0 Å². The molecule has 114 valence electrons. The predicted octanol–water partition coefficient (Wildman–Crippen LogP) is 4.64. The van der Waals surface area contributed by atoms with E-state index in [-0.39, 0.29) is 27.0 Å². The van der Waals surface area contributed by atoms with Crippen LogP contribution in [0.3, 0.4) is 0 Å². The van der Waals surface area contributed by atoms with Crippen molar-refractivity contribution in [2.45, 2.75) is 6.92 Å². The first kappa shape index (κ1) is 16.1. The van der Waals surface area contributed by atoms with Crippen LogP contribution in [0.1, 0.15) is 15.9 Å². The lowest BCUT2D eigenvalue weighted by Crippen LogP contribution is -2.21. The van der Waals surface area contributed by atoms with Crippen LogP contribution >= 0.6 is 23.2 Å². The van der Waals surface area contributed by atoms with Crippen molar-refractivity contribution in [1.29, 1.82) is 0 Å². The molecule has 3 N–H and O–H groups in total. The third kappa shape index (κ3) is 3.50. The van der Waals surface area contributed by atoms with E-state index in [1.54, 1.807) is 37.3 Å². The highest BCUT2D eigenvalue weighted by Gasteiger charge is 2.16. The number of carbonyl (C=O) groups is 2. The van der Waals surface area contributed by atoms with Gasteiger partial charge in [-0.05, 0) is 30.7 Å². The first-order chi connectivity index (χ1) is 10.4. The maximum atomic E-state index is 12.0. The van der Waals surface area contributed by atoms with E-state index >= 15 is 0 Å². The van der Waals surface area contributed by atoms with Crippen molar-refractivity contribution in [3.63, 3.8) is 0 Å². The molecule has 0 saturated carbocycles. The predicted molar refractivity (Wildman–Crippen MR) is 87.2 cm³/mol. The van der Waals surface area contributed by atoms with Crippen LogP contribution in [0, 0.1) is 6.92 Å². The summed E-state index contributed by atoms with van der Waals surface area (Å²) in [5.74, 6) is -1.12. The number of aryl methyl sites for hydroxylation is 1. The summed E-state index contributed by atoms with van der Waals surface area (Å²) in [6.45, 7) is 1.65. The Balaban J connectivity index is 2.24. The maximum Gasteiger partial charge on any atom is 0.338 e. The fraction of sp³-hybridized carbons (Fsp3) is 0.0667. The summed E-state index contributed by atoms with van der Waals surface area (Å²) in [7, 11) is 0. The Morgan fingerprint density at radius 1 is 1.00 bits per heavy atom. The lowest BCUT2D eigenvalue weighted by atomic mass is 10.1. The van der Waals surface area contributed by atoms with Gasteiger partial charge in [0, 0.05) is 0 Å². The number of rotatable bonds is 3. The molecule has 0 aliphatic carbocycles. The molecular formula is C15H12Cl2N2O3. The van der Waals surface area contributed by atoms with Crippen molar-refractivity contribution < 1.29 is 14.7 Å². The molecule has 0 unspecified atom stereocenters. The van der Waals surface area contributed by atoms with Crippen molar-refractivity contribution in [1.82, 2.24) is 0 Å². The van der Waals surface area contributed by atoms with Gasteiger partial charge in [-0.3, -0.25) is 0 Å². The molecule has 0 aliphatic heterocycles. The molecule has 0 atom stereocenters. The van der Waals surface area contributed by atoms with Gasteiger partial charge in [0.1, 0.15) is 0 Å². The summed E-state index contributed by atoms with van der Waals surface area (Å²) < 4.78 is 0. The summed E-state index contributed by atoms with van der Waals surface area (Å²) in [5, 5.41) is 14.8. The zero-order valence-electron chi connectivity index (χ0n) is 11.5. The number of urea groups is 1. The SMILES string of the molecule is Cc1cccc(NC(=O)Nc2c(Cl)cccc2Cl)c1C(=O)O. The first-order valence-corrected chi connectivity index (χ1v) is 7.00. The largest absolute Gasteiger partial charge is 0.478 e. The van der Waals surface area contributed by atoms with Crippen LogP contribution in [-0.2, 0) is 0 Å². The Labute approximate surface area is 136 Å². The van der Waals surface area contributed by atoms with Crippen LogP contribution < -0.4 is 10.6 Å². The molecule has 5 nitrogen and oxygen atoms in total. The average Bonchev–Trinajstić information content (AvgIpc) is 2.42. The highest BCUT2D eigenvalue weighted by atomic mass is 35.5. The van der Waals surface area contributed by atoms with Gasteiger partial charge in [0.05, 0.1) is 27.0 Å². The second-order valence-corrected chi connectivity index (χ2v) is 5.29. The number of aromatic carboxylic acids is 1. The number of halogens is 2. The zero-order valence-corrected chi connectivity index (χ0v) is 13.0. The van der Waals surface area contributed by atoms with Crippen molar-refractivity contribution in [2.75, 3.05) is 10.6 Å². The Kier molecular flexibility index (Phi) is 4.90. The molecule has 0 fully saturated rings. The van der Waals surface area contributed by atoms with Gasteiger partial charge in [-0.25, -0.2) is 9.59 Å². The van der Waals surface area contributed by atoms with E-state index in [1.165, 1.54) is 6.07 Å². The molecule has 0 heterocycles. The highest BCUT2D eigenvalue weighted by Crippen LogP contribution is 2.30. The van der Waals surface area contributed by atoms with Crippen LogP contribution in [0.2, 0.25) is 10.0 Å². The maximum absolute atomic E-state index is 12.0. The Morgan fingerprint density at radius 2 is 1.59 bits per heavy atom. The van der Waals surface area contributed by atoms with Gasteiger partial charge in [-0.2, -0.15) is 0 Å². The molecule has 2 rings (SSSR count). The third-order valence-electron chi connectivity index (χ3n) is 2.94. The van der Waals surface area contributed by atoms with Crippen molar-refractivity contribution >= 4 is 46.6 Å². The van der Waals surface area contributed by atoms with E-state index in [0.717, 1.165) is 0 Å². The number of anilines is 2. The number of carboxylic acids is 1. The molecular weight excluding hydrogens is 327 g/mol. The second kappa shape index (κ2) is 6.68. The quantitative estimate of drug-likeness (QED) is 0.762. The summed E-state index contributed by atoms with van der Waals surface area (Å²) in [6, 6.07) is 8.98. The molecule has 0 saturated heterocycles. The summed E-state index contributed by atoms with van der Waals surface area (Å²) >= 11 is 11.9. The number of hydrogen-bond donors (Lipinski definition) is 3. The molecule has 0 spiro atoms. The number of nitrogens with one attached hydrogen (secondary N) is 2. The average molecular weight is 339 g/mol. The minimum absolute atomic E-state index is 0.0305. The van der Waals surface area contributed by atoms with E-state index in [0.29, 0.717) is 5.56 Å². The molecule has 0 bridgehead atoms. The molecule has 2 aromatic rings. The smallest absolute Gasteiger partial charge is 0.338 e. The van der Waals surface area contributed by atoms with Gasteiger partial charge in [-0.15, -0.1) is 0 Å². The second-order valence-electron chi connectivity index (χ2n) is 4.48. The first-order valence-electron chi connectivity index (χ1n) is 6.25. The van der Waals surface area contributed by atoms with Crippen LogP contribution in [-0.4, -0.2) is 17.1 Å². The topological polar surface area (TPSA) is 78.4 Å². The monoisotopic (exact) mass is 338 g/mol. The van der Waals surface area contributed by atoms with Crippen LogP contribution in [0.25, 0.3) is 0 Å². The van der Waals surface area contributed by atoms with Gasteiger partial charge in [0.2, 0.25) is 0 Å². The third-order valence-corrected chi connectivity index (χ3v) is 3.57. The summed E-state index contributed by atoms with van der Waals surface area (Å²) in [4.78, 5) is 23.3. The van der Waals surface area contributed by atoms with E-state index in [2.05, 4.69) is 10.6 Å². The summed E-state index contributed by atoms with van der Waals surface area (Å²) in [6.07, 6.45) is 0. The standard InChI is InChI=1S/C15H12Cl2N2O3/c1-8-4-2-7-11(12(8)14(20)21)18-15(22)19-13-9(16)5-3-6-10(13)17/h2-7H,1H3,(H,20,21)(H2,18,19,22). The van der Waals surface area contributed by atoms with Crippen molar-refractivity contribution in [3.8, 4) is 0 Å². The lowest BCUT2D eigenvalue weighted by Gasteiger charge is -2.13. The van der Waals surface area contributed by atoms with Crippen molar-refractivity contribution in [3.05, 3.63) is 57.6 Å². The molecule has 7 heteroatoms. The van der Waals surface area contributed by atoms with Gasteiger partial charge < -0.3 is 15.7 Å². The Morgan fingerprint density at radius 3 is 2.18 bits per heavy atom. The van der Waals surface area contributed by atoms with E-state index in [4.69, 9.17) is 23.2 Å². The van der Waals surface area contributed by atoms with Crippen LogP contribution in [0.15, 0.2) is 36.4 Å². The fourth-order valence-corrected chi connectivity index (χ4v) is 2.43. The molecule has 0 radical (unpaired) electrons. The lowest BCUT2D eigenvalue weighted by molar-refractivity contribution is 0.0697. The van der Waals surface area contributed by atoms with Crippen LogP contribution in [0.4, 0.5) is 16.2 Å². The number of benzene rings is 2. The molecule has 2 aromatic carbocycles. The molecule has 2 amide bonds. The number of para-hydroxylation sites is 1. The van der Waals surface area contributed by atoms with Crippen LogP contribution in [0.5, 0.6) is 0 Å². The molecule has 0 aliphatic rings. The van der Waals surface area contributed by atoms with Gasteiger partial charge in [0.25, 0.3) is 0 Å². The highest BCUT2D eigenvalue weighted by molar-refractivity contribution is 6.39. The normalized spacial score (nSPS) is 10.1. The minimum atomic E-state index is -1.12. The number of hydrogen-bond acceptors (Lipinski definition) is 2. The number of carboxylic acid groups (broad SMARTS) is 1.